The molecule has 9 heteroatoms. The number of pyridine rings is 3. The molecule has 31 heavy (non-hydrogen) atoms. The largest absolute Gasteiger partial charge is 0.367 e. The maximum absolute atomic E-state index is 4.76. The Morgan fingerprint density at radius 3 is 2.68 bits per heavy atom. The summed E-state index contributed by atoms with van der Waals surface area (Å²) in [5.74, 6) is 0.688. The third-order valence-electron chi connectivity index (χ3n) is 5.81. The van der Waals surface area contributed by atoms with Crippen LogP contribution in [0.25, 0.3) is 45.0 Å². The highest BCUT2D eigenvalue weighted by atomic mass is 15.3. The molecule has 0 atom stereocenters. The number of rotatable bonds is 3. The molecule has 6 rings (SSSR count). The van der Waals surface area contributed by atoms with Crippen molar-refractivity contribution in [1.82, 2.24) is 40.0 Å². The van der Waals surface area contributed by atoms with Crippen LogP contribution in [0, 0.1) is 0 Å². The van der Waals surface area contributed by atoms with Gasteiger partial charge in [0.25, 0.3) is 0 Å². The molecule has 0 spiro atoms. The minimum Gasteiger partial charge on any atom is -0.367 e. The Bertz CT molecular complexity index is 1360. The van der Waals surface area contributed by atoms with Gasteiger partial charge in [0.15, 0.2) is 11.5 Å². The van der Waals surface area contributed by atoms with E-state index >= 15 is 0 Å². The van der Waals surface area contributed by atoms with Gasteiger partial charge in [0.05, 0.1) is 28.8 Å². The van der Waals surface area contributed by atoms with Crippen LogP contribution in [0.5, 0.6) is 0 Å². The molecule has 0 radical (unpaired) electrons. The molecule has 0 aliphatic carbocycles. The zero-order valence-electron chi connectivity index (χ0n) is 17.1. The summed E-state index contributed by atoms with van der Waals surface area (Å²) < 4.78 is 0. The second-order valence-electron chi connectivity index (χ2n) is 7.81. The standard InChI is InChI=1S/C22H21N9/c1-30-8-10-31(11-9-30)18-5-7-24-21-20(18)26-22(27-21)19-14-12-16(15-4-2-3-6-23-15)25-13-17(14)28-29-19/h2-7,12-13H,8-11H2,1H3,(H,28,29)(H,24,26,27). The fourth-order valence-corrected chi connectivity index (χ4v) is 4.07. The normalized spacial score (nSPS) is 15.2. The van der Waals surface area contributed by atoms with E-state index in [1.807, 2.05) is 30.5 Å². The quantitative estimate of drug-likeness (QED) is 0.471. The maximum Gasteiger partial charge on any atom is 0.180 e. The van der Waals surface area contributed by atoms with Gasteiger partial charge < -0.3 is 14.8 Å². The summed E-state index contributed by atoms with van der Waals surface area (Å²) in [5.41, 5.74) is 5.98. The summed E-state index contributed by atoms with van der Waals surface area (Å²) in [6.45, 7) is 4.04. The Hall–Kier alpha value is -3.85. The van der Waals surface area contributed by atoms with Gasteiger partial charge in [-0.15, -0.1) is 0 Å². The molecule has 5 aromatic heterocycles. The van der Waals surface area contributed by atoms with Crippen molar-refractivity contribution in [3.63, 3.8) is 0 Å². The van der Waals surface area contributed by atoms with Crippen LogP contribution in [-0.4, -0.2) is 73.2 Å². The molecule has 1 aliphatic rings. The molecule has 0 saturated carbocycles. The fourth-order valence-electron chi connectivity index (χ4n) is 4.07. The summed E-state index contributed by atoms with van der Waals surface area (Å²) in [6, 6.07) is 9.85. The zero-order valence-corrected chi connectivity index (χ0v) is 17.1. The van der Waals surface area contributed by atoms with Crippen molar-refractivity contribution >= 4 is 27.8 Å². The van der Waals surface area contributed by atoms with E-state index in [2.05, 4.69) is 53.0 Å². The van der Waals surface area contributed by atoms with Crippen molar-refractivity contribution in [1.29, 1.82) is 0 Å². The molecule has 6 heterocycles. The smallest absolute Gasteiger partial charge is 0.180 e. The Balaban J connectivity index is 1.44. The second kappa shape index (κ2) is 7.13. The van der Waals surface area contributed by atoms with E-state index in [-0.39, 0.29) is 0 Å². The highest BCUT2D eigenvalue weighted by molar-refractivity contribution is 5.95. The topological polar surface area (TPSA) is 103 Å². The van der Waals surface area contributed by atoms with E-state index in [9.17, 15) is 0 Å². The SMILES string of the molecule is CN1CCN(c2ccnc3nc(-c4n[nH]c5cnc(-c6ccccn6)cc45)[nH]c23)CC1. The van der Waals surface area contributed by atoms with Crippen LogP contribution < -0.4 is 4.90 Å². The number of likely N-dealkylation sites (N-methyl/N-ethyl adjacent to an activating group) is 1. The van der Waals surface area contributed by atoms with Gasteiger partial charge in [0.1, 0.15) is 11.2 Å². The van der Waals surface area contributed by atoms with E-state index in [1.54, 1.807) is 12.4 Å². The molecular weight excluding hydrogens is 390 g/mol. The van der Waals surface area contributed by atoms with E-state index in [4.69, 9.17) is 4.98 Å². The summed E-state index contributed by atoms with van der Waals surface area (Å²) >= 11 is 0. The molecule has 1 fully saturated rings. The van der Waals surface area contributed by atoms with Crippen molar-refractivity contribution < 1.29 is 0 Å². The van der Waals surface area contributed by atoms with Crippen molar-refractivity contribution in [3.8, 4) is 22.9 Å². The van der Waals surface area contributed by atoms with Crippen molar-refractivity contribution in [2.75, 3.05) is 38.1 Å². The monoisotopic (exact) mass is 411 g/mol. The van der Waals surface area contributed by atoms with Crippen molar-refractivity contribution in [3.05, 3.63) is 48.9 Å². The highest BCUT2D eigenvalue weighted by Gasteiger charge is 2.20. The third-order valence-corrected chi connectivity index (χ3v) is 5.81. The number of nitrogens with zero attached hydrogens (tertiary/aromatic N) is 7. The van der Waals surface area contributed by atoms with E-state index in [1.165, 1.54) is 0 Å². The highest BCUT2D eigenvalue weighted by Crippen LogP contribution is 2.31. The second-order valence-corrected chi connectivity index (χ2v) is 7.81. The lowest BCUT2D eigenvalue weighted by Crippen LogP contribution is -2.44. The van der Waals surface area contributed by atoms with Gasteiger partial charge >= 0.3 is 0 Å². The third kappa shape index (κ3) is 3.10. The molecule has 9 nitrogen and oxygen atoms in total. The molecule has 0 bridgehead atoms. The van der Waals surface area contributed by atoms with Gasteiger partial charge in [-0.05, 0) is 31.3 Å². The predicted molar refractivity (Wildman–Crippen MR) is 120 cm³/mol. The van der Waals surface area contributed by atoms with E-state index < -0.39 is 0 Å². The number of nitrogens with one attached hydrogen (secondary N) is 2. The van der Waals surface area contributed by atoms with Crippen molar-refractivity contribution in [2.24, 2.45) is 0 Å². The lowest BCUT2D eigenvalue weighted by Gasteiger charge is -2.34. The van der Waals surface area contributed by atoms with Crippen LogP contribution in [0.2, 0.25) is 0 Å². The van der Waals surface area contributed by atoms with Crippen LogP contribution in [0.15, 0.2) is 48.9 Å². The number of imidazole rings is 1. The lowest BCUT2D eigenvalue weighted by molar-refractivity contribution is 0.313. The Kier molecular flexibility index (Phi) is 4.13. The average Bonchev–Trinajstić information content (AvgIpc) is 3.43. The molecule has 0 unspecified atom stereocenters. The number of anilines is 1. The molecule has 0 amide bonds. The van der Waals surface area contributed by atoms with Crippen LogP contribution in [0.3, 0.4) is 0 Å². The minimum absolute atomic E-state index is 0.688. The first-order chi connectivity index (χ1) is 15.3. The number of H-pyrrole nitrogens is 2. The Morgan fingerprint density at radius 2 is 1.84 bits per heavy atom. The molecule has 5 aromatic rings. The first-order valence-corrected chi connectivity index (χ1v) is 10.3. The van der Waals surface area contributed by atoms with E-state index in [0.29, 0.717) is 11.5 Å². The Morgan fingerprint density at radius 1 is 0.935 bits per heavy atom. The summed E-state index contributed by atoms with van der Waals surface area (Å²) in [6.07, 6.45) is 5.38. The average molecular weight is 411 g/mol. The minimum atomic E-state index is 0.688. The zero-order chi connectivity index (χ0) is 20.8. The van der Waals surface area contributed by atoms with Crippen LogP contribution in [-0.2, 0) is 0 Å². The van der Waals surface area contributed by atoms with Crippen LogP contribution >= 0.6 is 0 Å². The van der Waals surface area contributed by atoms with Crippen LogP contribution in [0.4, 0.5) is 5.69 Å². The molecule has 0 aromatic carbocycles. The Labute approximate surface area is 178 Å². The van der Waals surface area contributed by atoms with Crippen molar-refractivity contribution in [2.45, 2.75) is 0 Å². The number of aromatic amines is 2. The van der Waals surface area contributed by atoms with Gasteiger partial charge in [-0.1, -0.05) is 6.07 Å². The summed E-state index contributed by atoms with van der Waals surface area (Å²) in [7, 11) is 2.16. The number of piperazine rings is 1. The van der Waals surface area contributed by atoms with Gasteiger partial charge in [0, 0.05) is 44.0 Å². The van der Waals surface area contributed by atoms with E-state index in [0.717, 1.165) is 65.4 Å². The maximum atomic E-state index is 4.76. The first-order valence-electron chi connectivity index (χ1n) is 10.3. The summed E-state index contributed by atoms with van der Waals surface area (Å²) in [4.78, 5) is 26.4. The lowest BCUT2D eigenvalue weighted by atomic mass is 10.1. The molecular formula is C22H21N9. The van der Waals surface area contributed by atoms with Gasteiger partial charge in [-0.3, -0.25) is 15.1 Å². The number of aromatic nitrogens is 7. The molecule has 1 saturated heterocycles. The predicted octanol–water partition coefficient (Wildman–Crippen LogP) is 2.71. The van der Waals surface area contributed by atoms with Gasteiger partial charge in [0.2, 0.25) is 0 Å². The first kappa shape index (κ1) is 18.0. The van der Waals surface area contributed by atoms with Crippen LogP contribution in [0.1, 0.15) is 0 Å². The molecule has 2 N–H and O–H groups in total. The summed E-state index contributed by atoms with van der Waals surface area (Å²) in [5, 5.41) is 8.52. The number of hydrogen-bond acceptors (Lipinski definition) is 7. The van der Waals surface area contributed by atoms with Gasteiger partial charge in [-0.2, -0.15) is 5.10 Å². The number of hydrogen-bond donors (Lipinski definition) is 2. The molecule has 154 valence electrons. The molecule has 1 aliphatic heterocycles. The fraction of sp³-hybridized carbons (Fsp3) is 0.227. The number of fused-ring (bicyclic) bond motifs is 2. The van der Waals surface area contributed by atoms with Gasteiger partial charge in [-0.25, -0.2) is 9.97 Å².